The zero-order chi connectivity index (χ0) is 25.8. The smallest absolute Gasteiger partial charge is 0.229 e. The molecule has 8 heteroatoms. The number of hydrogen-bond acceptors (Lipinski definition) is 7. The number of rotatable bonds is 4. The van der Waals surface area contributed by atoms with Crippen molar-refractivity contribution in [1.82, 2.24) is 0 Å². The molecular formula is C28H33NO6Si. The molecular weight excluding hydrogens is 474 g/mol. The molecule has 0 unspecified atom stereocenters. The quantitative estimate of drug-likeness (QED) is 0.399. The van der Waals surface area contributed by atoms with Crippen LogP contribution in [0.4, 0.5) is 0 Å². The predicted molar refractivity (Wildman–Crippen MR) is 141 cm³/mol. The van der Waals surface area contributed by atoms with Gasteiger partial charge in [-0.15, -0.1) is 0 Å². The molecule has 1 saturated heterocycles. The van der Waals surface area contributed by atoms with Crippen molar-refractivity contribution in [3.63, 3.8) is 0 Å². The number of benzene rings is 1. The first-order valence-corrected chi connectivity index (χ1v) is 15.4. The summed E-state index contributed by atoms with van der Waals surface area (Å²) in [6.07, 6.45) is 5.56. The van der Waals surface area contributed by atoms with E-state index in [4.69, 9.17) is 14.9 Å². The molecule has 5 atom stereocenters. The monoisotopic (exact) mass is 507 g/mol. The van der Waals surface area contributed by atoms with Crippen LogP contribution in [0.25, 0.3) is 5.57 Å². The van der Waals surface area contributed by atoms with Crippen molar-refractivity contribution in [2.45, 2.75) is 63.6 Å². The number of ether oxygens (including phenoxy) is 2. The van der Waals surface area contributed by atoms with Gasteiger partial charge in [-0.3, -0.25) is 0 Å². The molecule has 0 aromatic heterocycles. The molecule has 190 valence electrons. The number of allylic oxidation sites excluding steroid dienone is 10. The van der Waals surface area contributed by atoms with Crippen LogP contribution in [0.3, 0.4) is 0 Å². The Morgan fingerprint density at radius 3 is 2.58 bits per heavy atom. The molecule has 1 aromatic rings. The lowest BCUT2D eigenvalue weighted by molar-refractivity contribution is -0.277. The first-order valence-electron chi connectivity index (χ1n) is 12.4. The summed E-state index contributed by atoms with van der Waals surface area (Å²) in [5, 5.41) is 50.9. The summed E-state index contributed by atoms with van der Waals surface area (Å²) >= 11 is 0. The van der Waals surface area contributed by atoms with Crippen molar-refractivity contribution in [3.05, 3.63) is 76.1 Å². The Morgan fingerprint density at radius 1 is 1.08 bits per heavy atom. The summed E-state index contributed by atoms with van der Waals surface area (Å²) in [4.78, 5) is 0. The summed E-state index contributed by atoms with van der Waals surface area (Å²) < 4.78 is 11.6. The Hall–Kier alpha value is -2.59. The number of fused-ring (bicyclic) bond motifs is 2. The molecule has 5 N–H and O–H groups in total. The highest BCUT2D eigenvalue weighted by molar-refractivity contribution is 6.98. The molecule has 1 fully saturated rings. The Kier molecular flexibility index (Phi) is 6.53. The van der Waals surface area contributed by atoms with E-state index >= 15 is 0 Å². The van der Waals surface area contributed by atoms with Gasteiger partial charge in [-0.05, 0) is 82.3 Å². The molecule has 0 saturated carbocycles. The van der Waals surface area contributed by atoms with Gasteiger partial charge >= 0.3 is 0 Å². The van der Waals surface area contributed by atoms with Gasteiger partial charge in [0.15, 0.2) is 0 Å². The normalized spacial score (nSPS) is 31.2. The highest BCUT2D eigenvalue weighted by Gasteiger charge is 2.45. The first-order chi connectivity index (χ1) is 17.1. The van der Waals surface area contributed by atoms with Crippen molar-refractivity contribution in [2.24, 2.45) is 0 Å². The maximum Gasteiger partial charge on any atom is 0.229 e. The third-order valence-electron chi connectivity index (χ3n) is 7.70. The standard InChI is InChI=1S/C28H33NO6Si/c1-15-6-4-5-7-18(15)24-19-10-8-16(29)12-22(19)36(2,3)23-13-17(9-11-20(23)24)34-28-27(33)26(32)25(31)21(14-30)35-28/h4,6,8-13,21,25-33H,5,7,14H2,1-3H3/t21-,25+,26+,27-,28-/m1/s1. The van der Waals surface area contributed by atoms with Gasteiger partial charge in [0, 0.05) is 0 Å². The molecule has 0 spiro atoms. The van der Waals surface area contributed by atoms with Gasteiger partial charge in [0.05, 0.1) is 12.3 Å². The predicted octanol–water partition coefficient (Wildman–Crippen LogP) is 2.27. The van der Waals surface area contributed by atoms with Gasteiger partial charge in [-0.1, -0.05) is 37.4 Å². The molecule has 5 rings (SSSR count). The zero-order valence-corrected chi connectivity index (χ0v) is 21.7. The second kappa shape index (κ2) is 9.37. The topological polar surface area (TPSA) is 123 Å². The Bertz CT molecular complexity index is 1250. The maximum atomic E-state index is 10.5. The highest BCUT2D eigenvalue weighted by Crippen LogP contribution is 2.44. The fourth-order valence-corrected chi connectivity index (χ4v) is 8.71. The van der Waals surface area contributed by atoms with Crippen LogP contribution in [-0.2, 0) is 4.74 Å². The summed E-state index contributed by atoms with van der Waals surface area (Å²) in [7, 11) is -2.24. The average molecular weight is 508 g/mol. The second-order valence-electron chi connectivity index (χ2n) is 10.4. The van der Waals surface area contributed by atoms with Crippen molar-refractivity contribution >= 4 is 24.5 Å². The highest BCUT2D eigenvalue weighted by atomic mass is 28.3. The molecule has 4 aliphatic rings. The Morgan fingerprint density at radius 2 is 1.86 bits per heavy atom. The molecule has 2 heterocycles. The van der Waals surface area contributed by atoms with Crippen LogP contribution >= 0.6 is 0 Å². The van der Waals surface area contributed by atoms with Crippen molar-refractivity contribution in [2.75, 3.05) is 6.61 Å². The fraction of sp³-hybridized carbons (Fsp3) is 0.393. The lowest BCUT2D eigenvalue weighted by Crippen LogP contribution is -2.60. The van der Waals surface area contributed by atoms with E-state index in [0.29, 0.717) is 11.5 Å². The molecule has 0 radical (unpaired) electrons. The Balaban J connectivity index is 1.60. The van der Waals surface area contributed by atoms with E-state index in [0.717, 1.165) is 23.6 Å². The first kappa shape index (κ1) is 25.1. The van der Waals surface area contributed by atoms with Crippen LogP contribution in [-0.4, -0.2) is 71.5 Å². The molecule has 36 heavy (non-hydrogen) atoms. The maximum absolute atomic E-state index is 10.5. The zero-order valence-electron chi connectivity index (χ0n) is 20.7. The van der Waals surface area contributed by atoms with Crippen molar-refractivity contribution in [1.29, 1.82) is 5.41 Å². The van der Waals surface area contributed by atoms with Gasteiger partial charge in [-0.25, -0.2) is 0 Å². The third kappa shape index (κ3) is 4.08. The molecule has 0 bridgehead atoms. The molecule has 2 aliphatic heterocycles. The van der Waals surface area contributed by atoms with E-state index in [1.165, 1.54) is 27.5 Å². The van der Waals surface area contributed by atoms with Crippen LogP contribution < -0.4 is 9.92 Å². The van der Waals surface area contributed by atoms with Crippen LogP contribution in [0.1, 0.15) is 25.3 Å². The molecule has 7 nitrogen and oxygen atoms in total. The second-order valence-corrected chi connectivity index (χ2v) is 14.7. The van der Waals surface area contributed by atoms with Crippen molar-refractivity contribution < 1.29 is 29.9 Å². The minimum Gasteiger partial charge on any atom is -0.462 e. The largest absolute Gasteiger partial charge is 0.462 e. The number of nitrogens with one attached hydrogen (secondary N) is 1. The van der Waals surface area contributed by atoms with E-state index in [1.54, 1.807) is 0 Å². The van der Waals surface area contributed by atoms with Crippen LogP contribution in [0, 0.1) is 5.41 Å². The third-order valence-corrected chi connectivity index (χ3v) is 11.2. The summed E-state index contributed by atoms with van der Waals surface area (Å²) in [6.45, 7) is 6.16. The molecule has 0 amide bonds. The summed E-state index contributed by atoms with van der Waals surface area (Å²) in [5.74, 6) is 0.470. The fourth-order valence-electron chi connectivity index (χ4n) is 5.63. The molecule has 2 aliphatic carbocycles. The number of hydrogen-bond donors (Lipinski definition) is 5. The van der Waals surface area contributed by atoms with Crippen molar-refractivity contribution in [3.8, 4) is 5.75 Å². The van der Waals surface area contributed by atoms with E-state index in [-0.39, 0.29) is 0 Å². The average Bonchev–Trinajstić information content (AvgIpc) is 2.86. The van der Waals surface area contributed by atoms with Crippen LogP contribution in [0.15, 0.2) is 70.5 Å². The van der Waals surface area contributed by atoms with Gasteiger partial charge in [0.2, 0.25) is 6.29 Å². The minimum absolute atomic E-state index is 0.470. The number of aliphatic hydroxyl groups is 4. The van der Waals surface area contributed by atoms with E-state index < -0.39 is 45.4 Å². The summed E-state index contributed by atoms with van der Waals surface area (Å²) in [5.41, 5.74) is 6.59. The van der Waals surface area contributed by atoms with E-state index in [2.05, 4.69) is 44.3 Å². The van der Waals surface area contributed by atoms with Gasteiger partial charge < -0.3 is 35.3 Å². The molecule has 1 aromatic carbocycles. The Labute approximate surface area is 211 Å². The lowest BCUT2D eigenvalue weighted by atomic mass is 9.83. The number of aliphatic hydroxyl groups excluding tert-OH is 4. The van der Waals surface area contributed by atoms with E-state index in [9.17, 15) is 20.4 Å². The van der Waals surface area contributed by atoms with Gasteiger partial charge in [0.25, 0.3) is 0 Å². The lowest BCUT2D eigenvalue weighted by Gasteiger charge is -2.40. The van der Waals surface area contributed by atoms with E-state index in [1.807, 2.05) is 24.3 Å². The van der Waals surface area contributed by atoms with Crippen LogP contribution in [0.5, 0.6) is 5.75 Å². The summed E-state index contributed by atoms with van der Waals surface area (Å²) in [6, 6.07) is 5.87. The SMILES string of the molecule is CC1=C(C2=C3C=CC(=N)C=C3[Si](C)(C)c3cc(O[C@@H]4O[C@H](CO)[C@H](O)[C@H](O)[C@H]4O)ccc32)CCC=C1. The van der Waals surface area contributed by atoms with Crippen LogP contribution in [0.2, 0.25) is 13.1 Å². The van der Waals surface area contributed by atoms with Gasteiger partial charge in [0.1, 0.15) is 38.2 Å². The minimum atomic E-state index is -2.24. The van der Waals surface area contributed by atoms with Gasteiger partial charge in [-0.2, -0.15) is 0 Å².